The highest BCUT2D eigenvalue weighted by Gasteiger charge is 1.99. The third kappa shape index (κ3) is 3.25. The zero-order valence-corrected chi connectivity index (χ0v) is 8.29. The average Bonchev–Trinajstić information content (AvgIpc) is 2.07. The summed E-state index contributed by atoms with van der Waals surface area (Å²) in [6.07, 6.45) is 0. The molecular weight excluding hydrogens is 212 g/mol. The van der Waals surface area contributed by atoms with Crippen LogP contribution < -0.4 is 5.32 Å². The highest BCUT2D eigenvalue weighted by molar-refractivity contribution is 6.31. The van der Waals surface area contributed by atoms with Crippen molar-refractivity contribution in [3.8, 4) is 0 Å². The summed E-state index contributed by atoms with van der Waals surface area (Å²) in [5.74, 6) is -0.433. The van der Waals surface area contributed by atoms with Crippen LogP contribution in [0.5, 0.6) is 0 Å². The van der Waals surface area contributed by atoms with Crippen molar-refractivity contribution in [2.75, 3.05) is 11.9 Å². The van der Waals surface area contributed by atoms with E-state index in [2.05, 4.69) is 11.9 Å². The Balaban J connectivity index is 2.68. The highest BCUT2D eigenvalue weighted by Crippen LogP contribution is 2.19. The third-order valence-corrected chi connectivity index (χ3v) is 1.83. The standard InChI is InChI=1S/C9H8Cl2FN/c1-6(10)5-13-7-2-3-9(12)8(11)4-7/h2-4,13H,1,5H2. The monoisotopic (exact) mass is 219 g/mol. The van der Waals surface area contributed by atoms with Gasteiger partial charge in [0, 0.05) is 10.7 Å². The second-order valence-electron chi connectivity index (χ2n) is 2.50. The minimum absolute atomic E-state index is 0.0881. The molecule has 0 spiro atoms. The normalized spacial score (nSPS) is 9.77. The fourth-order valence-corrected chi connectivity index (χ4v) is 1.05. The summed E-state index contributed by atoms with van der Waals surface area (Å²) in [4.78, 5) is 0. The van der Waals surface area contributed by atoms with Crippen LogP contribution in [0.1, 0.15) is 0 Å². The molecule has 0 fully saturated rings. The predicted octanol–water partition coefficient (Wildman–Crippen LogP) is 3.64. The smallest absolute Gasteiger partial charge is 0.141 e. The van der Waals surface area contributed by atoms with Crippen molar-refractivity contribution < 1.29 is 4.39 Å². The van der Waals surface area contributed by atoms with Crippen molar-refractivity contribution in [2.24, 2.45) is 0 Å². The molecule has 0 saturated heterocycles. The van der Waals surface area contributed by atoms with E-state index in [4.69, 9.17) is 23.2 Å². The highest BCUT2D eigenvalue weighted by atomic mass is 35.5. The van der Waals surface area contributed by atoms with Gasteiger partial charge in [0.2, 0.25) is 0 Å². The zero-order valence-electron chi connectivity index (χ0n) is 6.78. The molecule has 0 heterocycles. The fourth-order valence-electron chi connectivity index (χ4n) is 0.804. The molecule has 0 aliphatic heterocycles. The molecule has 1 aromatic rings. The lowest BCUT2D eigenvalue weighted by atomic mass is 10.3. The fraction of sp³-hybridized carbons (Fsp3) is 0.111. The first-order valence-electron chi connectivity index (χ1n) is 3.62. The second-order valence-corrected chi connectivity index (χ2v) is 3.44. The van der Waals surface area contributed by atoms with Gasteiger partial charge < -0.3 is 5.32 Å². The van der Waals surface area contributed by atoms with E-state index in [1.807, 2.05) is 0 Å². The van der Waals surface area contributed by atoms with Gasteiger partial charge in [-0.25, -0.2) is 4.39 Å². The SMILES string of the molecule is C=C(Cl)CNc1ccc(F)c(Cl)c1. The van der Waals surface area contributed by atoms with Crippen molar-refractivity contribution in [1.29, 1.82) is 0 Å². The van der Waals surface area contributed by atoms with Gasteiger partial charge in [-0.3, -0.25) is 0 Å². The number of hydrogen-bond acceptors (Lipinski definition) is 1. The molecule has 1 aromatic carbocycles. The molecule has 0 radical (unpaired) electrons. The molecule has 0 aromatic heterocycles. The molecule has 13 heavy (non-hydrogen) atoms. The van der Waals surface area contributed by atoms with E-state index >= 15 is 0 Å². The quantitative estimate of drug-likeness (QED) is 0.819. The molecule has 70 valence electrons. The van der Waals surface area contributed by atoms with E-state index in [0.29, 0.717) is 17.3 Å². The minimum atomic E-state index is -0.433. The Morgan fingerprint density at radius 1 is 1.54 bits per heavy atom. The Morgan fingerprint density at radius 3 is 2.77 bits per heavy atom. The van der Waals surface area contributed by atoms with Crippen molar-refractivity contribution in [2.45, 2.75) is 0 Å². The number of benzene rings is 1. The molecular formula is C9H8Cl2FN. The molecule has 1 N–H and O–H groups in total. The average molecular weight is 220 g/mol. The van der Waals surface area contributed by atoms with Gasteiger partial charge >= 0.3 is 0 Å². The van der Waals surface area contributed by atoms with Gasteiger partial charge in [-0.1, -0.05) is 29.8 Å². The predicted molar refractivity (Wildman–Crippen MR) is 54.9 cm³/mol. The van der Waals surface area contributed by atoms with E-state index in [-0.39, 0.29) is 5.02 Å². The van der Waals surface area contributed by atoms with E-state index < -0.39 is 5.82 Å². The summed E-state index contributed by atoms with van der Waals surface area (Å²) < 4.78 is 12.7. The Labute approximate surface area is 86.2 Å². The van der Waals surface area contributed by atoms with Crippen LogP contribution in [0.25, 0.3) is 0 Å². The van der Waals surface area contributed by atoms with Crippen LogP contribution in [-0.2, 0) is 0 Å². The topological polar surface area (TPSA) is 12.0 Å². The first-order valence-corrected chi connectivity index (χ1v) is 4.37. The van der Waals surface area contributed by atoms with Crippen molar-refractivity contribution in [3.63, 3.8) is 0 Å². The van der Waals surface area contributed by atoms with Crippen molar-refractivity contribution >= 4 is 28.9 Å². The number of halogens is 3. The number of hydrogen-bond donors (Lipinski definition) is 1. The Bertz CT molecular complexity index is 325. The third-order valence-electron chi connectivity index (χ3n) is 1.40. The number of anilines is 1. The van der Waals surface area contributed by atoms with Crippen LogP contribution in [0.4, 0.5) is 10.1 Å². The summed E-state index contributed by atoms with van der Waals surface area (Å²) in [6.45, 7) is 3.94. The summed E-state index contributed by atoms with van der Waals surface area (Å²) in [5, 5.41) is 3.50. The van der Waals surface area contributed by atoms with Gasteiger partial charge in [0.05, 0.1) is 11.6 Å². The van der Waals surface area contributed by atoms with E-state index in [1.54, 1.807) is 6.07 Å². The van der Waals surface area contributed by atoms with Gasteiger partial charge in [-0.05, 0) is 18.2 Å². The van der Waals surface area contributed by atoms with Gasteiger partial charge in [0.25, 0.3) is 0 Å². The summed E-state index contributed by atoms with van der Waals surface area (Å²) >= 11 is 11.1. The molecule has 0 bridgehead atoms. The molecule has 1 rings (SSSR count). The van der Waals surface area contributed by atoms with E-state index in [1.165, 1.54) is 12.1 Å². The Hall–Kier alpha value is -0.730. The molecule has 0 atom stereocenters. The second kappa shape index (κ2) is 4.49. The number of nitrogens with one attached hydrogen (secondary N) is 1. The van der Waals surface area contributed by atoms with Crippen molar-refractivity contribution in [1.82, 2.24) is 0 Å². The zero-order chi connectivity index (χ0) is 9.84. The molecule has 0 unspecified atom stereocenters. The largest absolute Gasteiger partial charge is 0.380 e. The Morgan fingerprint density at radius 2 is 2.23 bits per heavy atom. The Kier molecular flexibility index (Phi) is 3.58. The lowest BCUT2D eigenvalue weighted by Crippen LogP contribution is -2.00. The maximum atomic E-state index is 12.7. The molecule has 4 heteroatoms. The van der Waals surface area contributed by atoms with Gasteiger partial charge in [0.15, 0.2) is 0 Å². The molecule has 0 aliphatic rings. The van der Waals surface area contributed by atoms with Gasteiger partial charge in [-0.2, -0.15) is 0 Å². The van der Waals surface area contributed by atoms with Crippen LogP contribution in [0.15, 0.2) is 29.8 Å². The summed E-state index contributed by atoms with van der Waals surface area (Å²) in [7, 11) is 0. The first kappa shape index (κ1) is 10.4. The van der Waals surface area contributed by atoms with Crippen LogP contribution in [-0.4, -0.2) is 6.54 Å². The van der Waals surface area contributed by atoms with Crippen LogP contribution in [0, 0.1) is 5.82 Å². The number of rotatable bonds is 3. The summed E-state index contributed by atoms with van der Waals surface area (Å²) in [6, 6.07) is 4.37. The van der Waals surface area contributed by atoms with Gasteiger partial charge in [0.1, 0.15) is 5.82 Å². The van der Waals surface area contributed by atoms with Crippen LogP contribution in [0.3, 0.4) is 0 Å². The molecule has 0 aliphatic carbocycles. The van der Waals surface area contributed by atoms with Gasteiger partial charge in [-0.15, -0.1) is 0 Å². The lowest BCUT2D eigenvalue weighted by Gasteiger charge is -2.05. The maximum absolute atomic E-state index is 12.7. The first-order chi connectivity index (χ1) is 6.09. The van der Waals surface area contributed by atoms with E-state index in [0.717, 1.165) is 0 Å². The minimum Gasteiger partial charge on any atom is -0.380 e. The van der Waals surface area contributed by atoms with Crippen LogP contribution >= 0.6 is 23.2 Å². The molecule has 1 nitrogen and oxygen atoms in total. The molecule has 0 saturated carbocycles. The lowest BCUT2D eigenvalue weighted by molar-refractivity contribution is 0.628. The van der Waals surface area contributed by atoms with E-state index in [9.17, 15) is 4.39 Å². The molecule has 0 amide bonds. The maximum Gasteiger partial charge on any atom is 0.141 e. The summed E-state index contributed by atoms with van der Waals surface area (Å²) in [5.41, 5.74) is 0.716. The van der Waals surface area contributed by atoms with Crippen molar-refractivity contribution in [3.05, 3.63) is 40.7 Å². The van der Waals surface area contributed by atoms with Crippen LogP contribution in [0.2, 0.25) is 5.02 Å².